The molecule has 0 saturated heterocycles. The Labute approximate surface area is 207 Å². The molecule has 0 aliphatic heterocycles. The van der Waals surface area contributed by atoms with Crippen LogP contribution in [0.4, 0.5) is 0 Å². The van der Waals surface area contributed by atoms with E-state index in [1.54, 1.807) is 6.92 Å². The summed E-state index contributed by atoms with van der Waals surface area (Å²) in [7, 11) is 0. The third-order valence-electron chi connectivity index (χ3n) is 12.5. The molecule has 2 N–H and O–H groups in total. The molecule has 0 aromatic carbocycles. The SMILES string of the molecule is C/C(=C\CC[C@@H](C)[C@H]1CC[C@@]2(C)[C@@H]3CC[C@H]4C(C)(C)C(=O)CC[C@]4(C)[C@@]3(O)CC[C@]12C)C(=O)O. The molecule has 34 heavy (non-hydrogen) atoms. The Morgan fingerprint density at radius 1 is 0.971 bits per heavy atom. The third kappa shape index (κ3) is 3.33. The summed E-state index contributed by atoms with van der Waals surface area (Å²) in [4.78, 5) is 24.0. The summed E-state index contributed by atoms with van der Waals surface area (Å²) < 4.78 is 0. The summed E-state index contributed by atoms with van der Waals surface area (Å²) in [5.74, 6) is 1.25. The first kappa shape index (κ1) is 25.9. The van der Waals surface area contributed by atoms with E-state index in [4.69, 9.17) is 5.11 Å². The van der Waals surface area contributed by atoms with Crippen LogP contribution in [0.15, 0.2) is 11.6 Å². The van der Waals surface area contributed by atoms with E-state index in [2.05, 4.69) is 41.5 Å². The van der Waals surface area contributed by atoms with Crippen molar-refractivity contribution < 1.29 is 19.8 Å². The number of allylic oxidation sites excluding steroid dienone is 1. The fourth-order valence-corrected chi connectivity index (χ4v) is 10.1. The number of carbonyl (C=O) groups excluding carboxylic acids is 1. The molecule has 4 rings (SSSR count). The Balaban J connectivity index is 1.59. The van der Waals surface area contributed by atoms with Crippen LogP contribution in [-0.4, -0.2) is 27.6 Å². The van der Waals surface area contributed by atoms with Crippen LogP contribution in [0.5, 0.6) is 0 Å². The number of fused-ring (bicyclic) bond motifs is 5. The van der Waals surface area contributed by atoms with Gasteiger partial charge in [-0.3, -0.25) is 4.79 Å². The van der Waals surface area contributed by atoms with Crippen LogP contribution in [0, 0.1) is 45.3 Å². The fraction of sp³-hybridized carbons (Fsp3) is 0.867. The molecule has 192 valence electrons. The third-order valence-corrected chi connectivity index (χ3v) is 12.5. The number of hydrogen-bond acceptors (Lipinski definition) is 3. The Hall–Kier alpha value is -1.16. The quantitative estimate of drug-likeness (QED) is 0.431. The average molecular weight is 473 g/mol. The van der Waals surface area contributed by atoms with E-state index in [9.17, 15) is 14.7 Å². The van der Waals surface area contributed by atoms with Gasteiger partial charge in [0.25, 0.3) is 0 Å². The van der Waals surface area contributed by atoms with Crippen LogP contribution in [-0.2, 0) is 9.59 Å². The van der Waals surface area contributed by atoms with Gasteiger partial charge >= 0.3 is 5.97 Å². The number of aliphatic hydroxyl groups is 1. The van der Waals surface area contributed by atoms with Gasteiger partial charge in [0.1, 0.15) is 5.78 Å². The van der Waals surface area contributed by atoms with Crippen molar-refractivity contribution in [2.45, 2.75) is 118 Å². The molecule has 0 heterocycles. The Kier molecular flexibility index (Phi) is 6.24. The van der Waals surface area contributed by atoms with Crippen LogP contribution in [0.1, 0.15) is 113 Å². The van der Waals surface area contributed by atoms with Gasteiger partial charge in [-0.25, -0.2) is 4.79 Å². The highest BCUT2D eigenvalue weighted by molar-refractivity contribution is 5.86. The number of carboxylic acid groups (broad SMARTS) is 1. The molecular formula is C30H48O4. The molecule has 8 atom stereocenters. The summed E-state index contributed by atoms with van der Waals surface area (Å²) in [6.45, 7) is 15.6. The lowest BCUT2D eigenvalue weighted by Gasteiger charge is -2.70. The summed E-state index contributed by atoms with van der Waals surface area (Å²) in [5, 5.41) is 21.8. The van der Waals surface area contributed by atoms with E-state index >= 15 is 0 Å². The summed E-state index contributed by atoms with van der Waals surface area (Å²) in [6.07, 6.45) is 11.5. The van der Waals surface area contributed by atoms with E-state index in [-0.39, 0.29) is 33.5 Å². The second-order valence-corrected chi connectivity index (χ2v) is 13.9. The van der Waals surface area contributed by atoms with E-state index < -0.39 is 11.6 Å². The Bertz CT molecular complexity index is 888. The van der Waals surface area contributed by atoms with Gasteiger partial charge in [0, 0.05) is 22.8 Å². The smallest absolute Gasteiger partial charge is 0.330 e. The first-order chi connectivity index (χ1) is 15.6. The highest BCUT2D eigenvalue weighted by Crippen LogP contribution is 2.75. The maximum absolute atomic E-state index is 12.8. The molecular weight excluding hydrogens is 424 g/mol. The number of ketones is 1. The van der Waals surface area contributed by atoms with Crippen molar-refractivity contribution in [3.05, 3.63) is 11.6 Å². The largest absolute Gasteiger partial charge is 0.478 e. The lowest BCUT2D eigenvalue weighted by atomic mass is 9.36. The second-order valence-electron chi connectivity index (χ2n) is 13.9. The van der Waals surface area contributed by atoms with Gasteiger partial charge in [-0.05, 0) is 99.2 Å². The van der Waals surface area contributed by atoms with E-state index in [1.807, 2.05) is 6.08 Å². The van der Waals surface area contributed by atoms with Crippen LogP contribution < -0.4 is 0 Å². The molecule has 0 unspecified atom stereocenters. The fourth-order valence-electron chi connectivity index (χ4n) is 10.1. The zero-order valence-corrected chi connectivity index (χ0v) is 22.7. The number of carbonyl (C=O) groups is 2. The molecule has 4 fully saturated rings. The van der Waals surface area contributed by atoms with E-state index in [1.165, 1.54) is 12.8 Å². The number of carboxylic acids is 1. The lowest BCUT2D eigenvalue weighted by Crippen LogP contribution is -2.70. The molecule has 0 aromatic rings. The standard InChI is InChI=1S/C30H48O4/c1-19(9-8-10-20(2)25(32)33)21-13-15-28(6)23-12-11-22-26(3,4)24(31)14-16-29(22,7)30(23,34)18-17-27(21,28)5/h10,19,21-23,34H,8-9,11-18H2,1-7H3,(H,32,33)/b20-10+/t19-,21-,22+,23+,27-,28+,29+,30-/m1/s1. The molecule has 0 spiro atoms. The van der Waals surface area contributed by atoms with Gasteiger partial charge in [0.15, 0.2) is 0 Å². The van der Waals surface area contributed by atoms with Gasteiger partial charge < -0.3 is 10.2 Å². The maximum Gasteiger partial charge on any atom is 0.330 e. The summed E-state index contributed by atoms with van der Waals surface area (Å²) in [6, 6.07) is 0. The Morgan fingerprint density at radius 2 is 1.62 bits per heavy atom. The number of hydrogen-bond donors (Lipinski definition) is 2. The molecule has 4 nitrogen and oxygen atoms in total. The minimum absolute atomic E-state index is 0.103. The first-order valence-corrected chi connectivity index (χ1v) is 13.8. The van der Waals surface area contributed by atoms with Crippen molar-refractivity contribution in [1.82, 2.24) is 0 Å². The molecule has 0 radical (unpaired) electrons. The second kappa shape index (κ2) is 8.18. The lowest BCUT2D eigenvalue weighted by molar-refractivity contribution is -0.270. The van der Waals surface area contributed by atoms with Crippen molar-refractivity contribution in [2.75, 3.05) is 0 Å². The van der Waals surface area contributed by atoms with E-state index in [0.717, 1.165) is 44.9 Å². The normalized spacial score (nSPS) is 46.9. The van der Waals surface area contributed by atoms with Crippen LogP contribution in [0.2, 0.25) is 0 Å². The molecule has 0 bridgehead atoms. The van der Waals surface area contributed by atoms with Crippen molar-refractivity contribution in [2.24, 2.45) is 45.3 Å². The van der Waals surface area contributed by atoms with Crippen molar-refractivity contribution in [3.63, 3.8) is 0 Å². The molecule has 4 aliphatic rings. The van der Waals surface area contributed by atoms with Gasteiger partial charge in [0.2, 0.25) is 0 Å². The van der Waals surface area contributed by atoms with Gasteiger partial charge in [-0.2, -0.15) is 0 Å². The van der Waals surface area contributed by atoms with Crippen LogP contribution >= 0.6 is 0 Å². The van der Waals surface area contributed by atoms with Crippen LogP contribution in [0.25, 0.3) is 0 Å². The molecule has 0 amide bonds. The number of Topliss-reactive ketones (excluding diaryl/α,β-unsaturated/α-hetero) is 1. The van der Waals surface area contributed by atoms with Gasteiger partial charge in [0.05, 0.1) is 5.60 Å². The first-order valence-electron chi connectivity index (χ1n) is 13.8. The van der Waals surface area contributed by atoms with Crippen LogP contribution in [0.3, 0.4) is 0 Å². The molecule has 4 heteroatoms. The van der Waals surface area contributed by atoms with Crippen molar-refractivity contribution in [1.29, 1.82) is 0 Å². The predicted molar refractivity (Wildman–Crippen MR) is 135 cm³/mol. The maximum atomic E-state index is 12.8. The average Bonchev–Trinajstić information content (AvgIpc) is 3.03. The summed E-state index contributed by atoms with van der Waals surface area (Å²) >= 11 is 0. The van der Waals surface area contributed by atoms with Gasteiger partial charge in [-0.15, -0.1) is 0 Å². The highest BCUT2D eigenvalue weighted by atomic mass is 16.4. The predicted octanol–water partition coefficient (Wildman–Crippen LogP) is 6.80. The topological polar surface area (TPSA) is 74.6 Å². The minimum Gasteiger partial charge on any atom is -0.478 e. The van der Waals surface area contributed by atoms with Crippen molar-refractivity contribution >= 4 is 11.8 Å². The monoisotopic (exact) mass is 472 g/mol. The number of rotatable bonds is 5. The summed E-state index contributed by atoms with van der Waals surface area (Å²) in [5.41, 5.74) is -0.494. The molecule has 0 aromatic heterocycles. The minimum atomic E-state index is -0.823. The molecule has 4 aliphatic carbocycles. The Morgan fingerprint density at radius 3 is 2.26 bits per heavy atom. The highest BCUT2D eigenvalue weighted by Gasteiger charge is 2.72. The van der Waals surface area contributed by atoms with Crippen molar-refractivity contribution in [3.8, 4) is 0 Å². The zero-order valence-electron chi connectivity index (χ0n) is 22.7. The van der Waals surface area contributed by atoms with E-state index in [0.29, 0.717) is 29.6 Å². The number of aliphatic carboxylic acids is 1. The zero-order chi connectivity index (χ0) is 25.3. The molecule has 4 saturated carbocycles. The van der Waals surface area contributed by atoms with Gasteiger partial charge in [-0.1, -0.05) is 47.6 Å².